The number of hydrogen-bond acceptors (Lipinski definition) is 2. The molecular weight excluding hydrogens is 175 g/mol. The van der Waals surface area contributed by atoms with Gasteiger partial charge in [0.1, 0.15) is 0 Å². The lowest BCUT2D eigenvalue weighted by Gasteiger charge is -2.32. The standard InChI is InChI=1S/C6H13BO2.C5H10/c1-5(2)6(3,4)9-7-8-5;1-2-4-5-3-1/h7H,1-4H3;1-5H2. The van der Waals surface area contributed by atoms with Crippen LogP contribution in [0.4, 0.5) is 0 Å². The van der Waals surface area contributed by atoms with Gasteiger partial charge >= 0.3 is 7.69 Å². The van der Waals surface area contributed by atoms with Crippen molar-refractivity contribution in [3.05, 3.63) is 0 Å². The maximum atomic E-state index is 5.33. The van der Waals surface area contributed by atoms with Crippen molar-refractivity contribution >= 4 is 7.69 Å². The molecule has 14 heavy (non-hydrogen) atoms. The highest BCUT2D eigenvalue weighted by atomic mass is 16.7. The lowest BCUT2D eigenvalue weighted by atomic mass is 9.90. The van der Waals surface area contributed by atoms with E-state index in [9.17, 15) is 0 Å². The number of rotatable bonds is 0. The second-order valence-corrected chi connectivity index (χ2v) is 5.19. The van der Waals surface area contributed by atoms with Gasteiger partial charge in [-0.3, -0.25) is 0 Å². The van der Waals surface area contributed by atoms with Crippen LogP contribution in [0.2, 0.25) is 0 Å². The Morgan fingerprint density at radius 3 is 1.14 bits per heavy atom. The van der Waals surface area contributed by atoms with Crippen molar-refractivity contribution in [2.45, 2.75) is 71.0 Å². The van der Waals surface area contributed by atoms with Crippen LogP contribution in [0, 0.1) is 0 Å². The van der Waals surface area contributed by atoms with E-state index in [1.54, 1.807) is 0 Å². The first-order valence-electron chi connectivity index (χ1n) is 5.74. The van der Waals surface area contributed by atoms with Crippen molar-refractivity contribution in [2.75, 3.05) is 0 Å². The first-order valence-corrected chi connectivity index (χ1v) is 5.74. The van der Waals surface area contributed by atoms with Crippen LogP contribution in [0.3, 0.4) is 0 Å². The van der Waals surface area contributed by atoms with Gasteiger partial charge in [-0.2, -0.15) is 0 Å². The van der Waals surface area contributed by atoms with Gasteiger partial charge in [-0.15, -0.1) is 0 Å². The molecule has 2 rings (SSSR count). The molecular formula is C11H23BO2. The average molecular weight is 198 g/mol. The van der Waals surface area contributed by atoms with Gasteiger partial charge in [-0.05, 0) is 27.7 Å². The van der Waals surface area contributed by atoms with E-state index in [4.69, 9.17) is 9.31 Å². The van der Waals surface area contributed by atoms with Crippen LogP contribution in [0.15, 0.2) is 0 Å². The predicted octanol–water partition coefficient (Wildman–Crippen LogP) is 2.81. The maximum absolute atomic E-state index is 5.33. The van der Waals surface area contributed by atoms with E-state index in [2.05, 4.69) is 0 Å². The fourth-order valence-electron chi connectivity index (χ4n) is 1.56. The van der Waals surface area contributed by atoms with Crippen molar-refractivity contribution < 1.29 is 9.31 Å². The highest BCUT2D eigenvalue weighted by Gasteiger charge is 2.44. The van der Waals surface area contributed by atoms with Crippen LogP contribution in [0.5, 0.6) is 0 Å². The summed E-state index contributed by atoms with van der Waals surface area (Å²) in [6.45, 7) is 8.17. The Hall–Kier alpha value is -0.0151. The van der Waals surface area contributed by atoms with E-state index in [0.29, 0.717) is 7.69 Å². The zero-order chi connectivity index (χ0) is 10.7. The molecule has 3 heteroatoms. The van der Waals surface area contributed by atoms with E-state index < -0.39 is 0 Å². The molecule has 0 spiro atoms. The van der Waals surface area contributed by atoms with Gasteiger partial charge in [0.2, 0.25) is 0 Å². The Kier molecular flexibility index (Phi) is 4.02. The van der Waals surface area contributed by atoms with E-state index in [1.807, 2.05) is 27.7 Å². The van der Waals surface area contributed by atoms with Gasteiger partial charge in [-0.1, -0.05) is 32.1 Å². The lowest BCUT2D eigenvalue weighted by molar-refractivity contribution is 0.00578. The summed E-state index contributed by atoms with van der Waals surface area (Å²) in [5.74, 6) is 0. The first-order chi connectivity index (χ1) is 6.46. The Morgan fingerprint density at radius 2 is 1.00 bits per heavy atom. The fourth-order valence-corrected chi connectivity index (χ4v) is 1.56. The molecule has 2 aliphatic rings. The van der Waals surface area contributed by atoms with Crippen molar-refractivity contribution in [2.24, 2.45) is 0 Å². The lowest BCUT2D eigenvalue weighted by Crippen LogP contribution is -2.41. The third-order valence-corrected chi connectivity index (χ3v) is 3.54. The zero-order valence-electron chi connectivity index (χ0n) is 10.1. The highest BCUT2D eigenvalue weighted by molar-refractivity contribution is 6.19. The Labute approximate surface area is 88.7 Å². The van der Waals surface area contributed by atoms with Gasteiger partial charge in [0, 0.05) is 0 Å². The molecule has 0 radical (unpaired) electrons. The summed E-state index contributed by atoms with van der Waals surface area (Å²) in [5.41, 5.74) is -0.264. The average Bonchev–Trinajstić information content (AvgIpc) is 2.64. The summed E-state index contributed by atoms with van der Waals surface area (Å²) >= 11 is 0. The molecule has 0 atom stereocenters. The van der Waals surface area contributed by atoms with Gasteiger partial charge in [-0.25, -0.2) is 0 Å². The second-order valence-electron chi connectivity index (χ2n) is 5.19. The third-order valence-electron chi connectivity index (χ3n) is 3.54. The molecule has 1 saturated heterocycles. The van der Waals surface area contributed by atoms with Crippen LogP contribution in [-0.4, -0.2) is 18.9 Å². The summed E-state index contributed by atoms with van der Waals surface area (Å²) in [5, 5.41) is 0. The molecule has 1 saturated carbocycles. The summed E-state index contributed by atoms with van der Waals surface area (Å²) < 4.78 is 10.7. The van der Waals surface area contributed by atoms with Crippen LogP contribution in [0.25, 0.3) is 0 Å². The molecule has 2 fully saturated rings. The number of hydrogen-bond donors (Lipinski definition) is 0. The minimum absolute atomic E-state index is 0.132. The van der Waals surface area contributed by atoms with E-state index in [-0.39, 0.29) is 11.2 Å². The molecule has 1 aliphatic heterocycles. The predicted molar refractivity (Wildman–Crippen MR) is 60.6 cm³/mol. The normalized spacial score (nSPS) is 27.7. The van der Waals surface area contributed by atoms with E-state index >= 15 is 0 Å². The molecule has 0 unspecified atom stereocenters. The molecule has 0 bridgehead atoms. The van der Waals surface area contributed by atoms with Crippen LogP contribution >= 0.6 is 0 Å². The van der Waals surface area contributed by atoms with Crippen LogP contribution < -0.4 is 0 Å². The summed E-state index contributed by atoms with van der Waals surface area (Å²) in [6.07, 6.45) is 7.50. The van der Waals surface area contributed by atoms with Gasteiger partial charge in [0.15, 0.2) is 0 Å². The van der Waals surface area contributed by atoms with Crippen LogP contribution in [-0.2, 0) is 9.31 Å². The Balaban J connectivity index is 0.000000165. The Morgan fingerprint density at radius 1 is 0.714 bits per heavy atom. The molecule has 0 N–H and O–H groups in total. The smallest absolute Gasteiger partial charge is 0.406 e. The molecule has 0 aromatic heterocycles. The zero-order valence-corrected chi connectivity index (χ0v) is 10.1. The van der Waals surface area contributed by atoms with Gasteiger partial charge in [0.05, 0.1) is 11.2 Å². The second kappa shape index (κ2) is 4.67. The molecule has 0 aromatic rings. The molecule has 2 nitrogen and oxygen atoms in total. The minimum atomic E-state index is -0.132. The summed E-state index contributed by atoms with van der Waals surface area (Å²) in [7, 11) is 0.431. The van der Waals surface area contributed by atoms with Crippen molar-refractivity contribution in [1.82, 2.24) is 0 Å². The molecule has 82 valence electrons. The quantitative estimate of drug-likeness (QED) is 0.557. The summed E-state index contributed by atoms with van der Waals surface area (Å²) in [6, 6.07) is 0. The molecule has 0 amide bonds. The summed E-state index contributed by atoms with van der Waals surface area (Å²) in [4.78, 5) is 0. The van der Waals surface area contributed by atoms with Crippen molar-refractivity contribution in [3.63, 3.8) is 0 Å². The van der Waals surface area contributed by atoms with E-state index in [0.717, 1.165) is 0 Å². The molecule has 0 aromatic carbocycles. The highest BCUT2D eigenvalue weighted by Crippen LogP contribution is 2.33. The minimum Gasteiger partial charge on any atom is -0.406 e. The van der Waals surface area contributed by atoms with Gasteiger partial charge in [0.25, 0.3) is 0 Å². The van der Waals surface area contributed by atoms with E-state index in [1.165, 1.54) is 32.1 Å². The largest absolute Gasteiger partial charge is 0.439 e. The Bertz CT molecular complexity index is 153. The fraction of sp³-hybridized carbons (Fsp3) is 1.00. The van der Waals surface area contributed by atoms with Gasteiger partial charge < -0.3 is 9.31 Å². The van der Waals surface area contributed by atoms with Crippen LogP contribution in [0.1, 0.15) is 59.8 Å². The van der Waals surface area contributed by atoms with Crippen molar-refractivity contribution in [1.29, 1.82) is 0 Å². The maximum Gasteiger partial charge on any atom is 0.439 e. The third kappa shape index (κ3) is 2.99. The first kappa shape index (κ1) is 12.1. The monoisotopic (exact) mass is 198 g/mol. The SMILES string of the molecule is C1CCCC1.CC1(C)OBOC1(C)C. The molecule has 1 aliphatic carbocycles. The van der Waals surface area contributed by atoms with Crippen molar-refractivity contribution in [3.8, 4) is 0 Å². The topological polar surface area (TPSA) is 18.5 Å². The molecule has 1 heterocycles.